The van der Waals surface area contributed by atoms with Crippen LogP contribution < -0.4 is 5.73 Å². The molecule has 50 valence electrons. The van der Waals surface area contributed by atoms with Gasteiger partial charge < -0.3 is 10.3 Å². The van der Waals surface area contributed by atoms with E-state index in [0.717, 1.165) is 0 Å². The van der Waals surface area contributed by atoms with Crippen LogP contribution >= 0.6 is 12.0 Å². The summed E-state index contributed by atoms with van der Waals surface area (Å²) in [6.45, 7) is 5.76. The van der Waals surface area contributed by atoms with Gasteiger partial charge in [-0.05, 0) is 12.8 Å². The van der Waals surface area contributed by atoms with E-state index in [0.29, 0.717) is 18.0 Å². The minimum absolute atomic E-state index is 0.303. The van der Waals surface area contributed by atoms with E-state index in [2.05, 4.69) is 0 Å². The van der Waals surface area contributed by atoms with Gasteiger partial charge in [-0.15, -0.1) is 0 Å². The average Bonchev–Trinajstić information content (AvgIpc) is 1.67. The van der Waals surface area contributed by atoms with Crippen molar-refractivity contribution < 1.29 is 4.55 Å². The molecule has 8 heavy (non-hydrogen) atoms. The summed E-state index contributed by atoms with van der Waals surface area (Å²) in [4.78, 5) is -0.486. The number of hydrogen-bond donors (Lipinski definition) is 2. The standard InChI is InChI=1S/C5H13NOS/c1-4(2)5(3,6)8-7/h4,7H,6H2,1-3H3/t5-/m1/s1. The highest BCUT2D eigenvalue weighted by molar-refractivity contribution is 7.95. The first-order chi connectivity index (χ1) is 3.50. The zero-order valence-electron chi connectivity index (χ0n) is 5.51. The predicted octanol–water partition coefficient (Wildman–Crippen LogP) is 1.52. The summed E-state index contributed by atoms with van der Waals surface area (Å²) in [6, 6.07) is 0. The monoisotopic (exact) mass is 135 g/mol. The van der Waals surface area contributed by atoms with E-state index in [1.165, 1.54) is 0 Å². The van der Waals surface area contributed by atoms with Gasteiger partial charge >= 0.3 is 0 Å². The van der Waals surface area contributed by atoms with Crippen molar-refractivity contribution in [1.82, 2.24) is 0 Å². The maximum absolute atomic E-state index is 8.56. The second-order valence-corrected chi connectivity index (χ2v) is 3.49. The fraction of sp³-hybridized carbons (Fsp3) is 1.00. The molecule has 0 saturated carbocycles. The molecule has 0 aromatic heterocycles. The molecule has 1 atom stereocenters. The molecule has 0 spiro atoms. The topological polar surface area (TPSA) is 46.2 Å². The first kappa shape index (κ1) is 8.27. The number of rotatable bonds is 2. The lowest BCUT2D eigenvalue weighted by molar-refractivity contribution is 0.459. The quantitative estimate of drug-likeness (QED) is 0.446. The average molecular weight is 135 g/mol. The zero-order chi connectivity index (χ0) is 6.78. The Kier molecular flexibility index (Phi) is 2.80. The Hall–Kier alpha value is 0.270. The first-order valence-electron chi connectivity index (χ1n) is 2.62. The Morgan fingerprint density at radius 2 is 2.00 bits per heavy atom. The van der Waals surface area contributed by atoms with Crippen LogP contribution in [0.2, 0.25) is 0 Å². The summed E-state index contributed by atoms with van der Waals surface area (Å²) in [5.41, 5.74) is 5.57. The highest BCUT2D eigenvalue weighted by atomic mass is 32.2. The highest BCUT2D eigenvalue weighted by Crippen LogP contribution is 2.23. The fourth-order valence-corrected chi connectivity index (χ4v) is 0.316. The van der Waals surface area contributed by atoms with E-state index in [1.54, 1.807) is 0 Å². The summed E-state index contributed by atoms with van der Waals surface area (Å²) < 4.78 is 8.56. The highest BCUT2D eigenvalue weighted by Gasteiger charge is 2.22. The van der Waals surface area contributed by atoms with Crippen LogP contribution in [0.15, 0.2) is 0 Å². The summed E-state index contributed by atoms with van der Waals surface area (Å²) >= 11 is 0.713. The van der Waals surface area contributed by atoms with Gasteiger partial charge in [-0.1, -0.05) is 13.8 Å². The lowest BCUT2D eigenvalue weighted by atomic mass is 10.1. The van der Waals surface area contributed by atoms with E-state index < -0.39 is 4.87 Å². The molecule has 2 nitrogen and oxygen atoms in total. The van der Waals surface area contributed by atoms with Crippen molar-refractivity contribution in [3.05, 3.63) is 0 Å². The van der Waals surface area contributed by atoms with E-state index >= 15 is 0 Å². The fourth-order valence-electron chi connectivity index (χ4n) is 0.105. The number of nitrogens with two attached hydrogens (primary N) is 1. The third-order valence-corrected chi connectivity index (χ3v) is 2.21. The van der Waals surface area contributed by atoms with Crippen LogP contribution in [0.1, 0.15) is 20.8 Å². The molecule has 0 aliphatic carbocycles. The SMILES string of the molecule is CC(C)[C@](C)(N)SO. The van der Waals surface area contributed by atoms with Crippen LogP contribution in [0.25, 0.3) is 0 Å². The molecule has 0 unspecified atom stereocenters. The summed E-state index contributed by atoms with van der Waals surface area (Å²) in [5, 5.41) is 0. The second kappa shape index (κ2) is 2.71. The van der Waals surface area contributed by atoms with Crippen LogP contribution in [-0.4, -0.2) is 9.42 Å². The van der Waals surface area contributed by atoms with Crippen molar-refractivity contribution in [1.29, 1.82) is 0 Å². The van der Waals surface area contributed by atoms with Crippen molar-refractivity contribution >= 4 is 12.0 Å². The van der Waals surface area contributed by atoms with Gasteiger partial charge in [0, 0.05) is 12.0 Å². The smallest absolute Gasteiger partial charge is 0.0876 e. The molecule has 0 aromatic carbocycles. The van der Waals surface area contributed by atoms with Crippen LogP contribution in [0, 0.1) is 5.92 Å². The predicted molar refractivity (Wildman–Crippen MR) is 37.7 cm³/mol. The van der Waals surface area contributed by atoms with E-state index in [1.807, 2.05) is 20.8 Å². The summed E-state index contributed by atoms with van der Waals surface area (Å²) in [5.74, 6) is 0.303. The molecular formula is C5H13NOS. The van der Waals surface area contributed by atoms with Crippen molar-refractivity contribution in [2.24, 2.45) is 11.7 Å². The van der Waals surface area contributed by atoms with E-state index in [4.69, 9.17) is 10.3 Å². The van der Waals surface area contributed by atoms with E-state index in [-0.39, 0.29) is 0 Å². The minimum Gasteiger partial charge on any atom is -0.328 e. The molecule has 0 amide bonds. The van der Waals surface area contributed by atoms with Gasteiger partial charge in [0.2, 0.25) is 0 Å². The third-order valence-electron chi connectivity index (χ3n) is 1.34. The van der Waals surface area contributed by atoms with Crippen LogP contribution in [-0.2, 0) is 0 Å². The van der Waals surface area contributed by atoms with Crippen molar-refractivity contribution in [2.45, 2.75) is 25.6 Å². The molecule has 0 heterocycles. The molecule has 0 bridgehead atoms. The normalized spacial score (nSPS) is 18.8. The van der Waals surface area contributed by atoms with Gasteiger partial charge in [0.25, 0.3) is 0 Å². The summed E-state index contributed by atoms with van der Waals surface area (Å²) in [7, 11) is 0. The second-order valence-electron chi connectivity index (χ2n) is 2.43. The Morgan fingerprint density at radius 3 is 2.00 bits per heavy atom. The van der Waals surface area contributed by atoms with Crippen LogP contribution in [0.3, 0.4) is 0 Å². The third kappa shape index (κ3) is 2.03. The molecule has 0 aliphatic heterocycles. The van der Waals surface area contributed by atoms with Crippen molar-refractivity contribution in [2.75, 3.05) is 0 Å². The summed E-state index contributed by atoms with van der Waals surface area (Å²) in [6.07, 6.45) is 0. The maximum Gasteiger partial charge on any atom is 0.0876 e. The Bertz CT molecular complexity index is 72.8. The van der Waals surface area contributed by atoms with Crippen molar-refractivity contribution in [3.8, 4) is 0 Å². The first-order valence-corrected chi connectivity index (χ1v) is 3.39. The van der Waals surface area contributed by atoms with Crippen LogP contribution in [0.5, 0.6) is 0 Å². The molecule has 0 saturated heterocycles. The van der Waals surface area contributed by atoms with Crippen molar-refractivity contribution in [3.63, 3.8) is 0 Å². The lowest BCUT2D eigenvalue weighted by Crippen LogP contribution is -2.37. The molecule has 0 aromatic rings. The molecular weight excluding hydrogens is 122 g/mol. The van der Waals surface area contributed by atoms with Gasteiger partial charge in [-0.3, -0.25) is 0 Å². The molecule has 0 aliphatic rings. The lowest BCUT2D eigenvalue weighted by Gasteiger charge is -2.24. The van der Waals surface area contributed by atoms with Gasteiger partial charge in [0.05, 0.1) is 4.87 Å². The Morgan fingerprint density at radius 1 is 1.62 bits per heavy atom. The molecule has 0 fully saturated rings. The zero-order valence-corrected chi connectivity index (χ0v) is 6.33. The minimum atomic E-state index is -0.486. The maximum atomic E-state index is 8.56. The van der Waals surface area contributed by atoms with Gasteiger partial charge in [-0.2, -0.15) is 0 Å². The number of hydrogen-bond acceptors (Lipinski definition) is 3. The Balaban J connectivity index is 3.71. The van der Waals surface area contributed by atoms with Gasteiger partial charge in [0.1, 0.15) is 0 Å². The largest absolute Gasteiger partial charge is 0.328 e. The van der Waals surface area contributed by atoms with Gasteiger partial charge in [0.15, 0.2) is 0 Å². The molecule has 0 rings (SSSR count). The molecule has 3 N–H and O–H groups in total. The van der Waals surface area contributed by atoms with Gasteiger partial charge in [-0.25, -0.2) is 0 Å². The molecule has 3 heteroatoms. The molecule has 0 radical (unpaired) electrons. The van der Waals surface area contributed by atoms with E-state index in [9.17, 15) is 0 Å². The van der Waals surface area contributed by atoms with Crippen LogP contribution in [0.4, 0.5) is 0 Å². The Labute approximate surface area is 54.7 Å².